The molecule has 0 amide bonds. The number of carbonyl (C=O) groups excluding carboxylic acids is 1. The van der Waals surface area contributed by atoms with Gasteiger partial charge in [0.05, 0.1) is 5.41 Å². The maximum atomic E-state index is 13.5. The third kappa shape index (κ3) is 2.59. The molecule has 138 valence electrons. The number of hydrogen-bond donors (Lipinski definition) is 1. The first kappa shape index (κ1) is 17.8. The molecule has 0 aliphatic heterocycles. The van der Waals surface area contributed by atoms with Gasteiger partial charge in [-0.2, -0.15) is 30.4 Å². The van der Waals surface area contributed by atoms with Crippen molar-refractivity contribution in [3.63, 3.8) is 0 Å². The quantitative estimate of drug-likeness (QED) is 0.462. The first-order chi connectivity index (χ1) is 10.8. The molecule has 4 aliphatic carbocycles. The van der Waals surface area contributed by atoms with Crippen LogP contribution in [0.25, 0.3) is 0 Å². The summed E-state index contributed by atoms with van der Waals surface area (Å²) in [4.78, 5) is 12.2. The van der Waals surface area contributed by atoms with Crippen LogP contribution in [0.4, 0.5) is 22.0 Å². The van der Waals surface area contributed by atoms with Gasteiger partial charge in [-0.05, 0) is 49.9 Å². The van der Waals surface area contributed by atoms with Crippen molar-refractivity contribution in [1.82, 2.24) is 0 Å². The fourth-order valence-electron chi connectivity index (χ4n) is 4.75. The van der Waals surface area contributed by atoms with Crippen molar-refractivity contribution >= 4 is 16.1 Å². The van der Waals surface area contributed by atoms with Gasteiger partial charge in [-0.3, -0.25) is 9.35 Å². The Bertz CT molecular complexity index is 639. The summed E-state index contributed by atoms with van der Waals surface area (Å²) in [5, 5.41) is -5.67. The van der Waals surface area contributed by atoms with E-state index in [-0.39, 0.29) is 37.0 Å². The fourth-order valence-corrected chi connectivity index (χ4v) is 5.21. The molecule has 3 atom stereocenters. The van der Waals surface area contributed by atoms with Gasteiger partial charge in [0.15, 0.2) is 0 Å². The van der Waals surface area contributed by atoms with Crippen molar-refractivity contribution in [2.75, 3.05) is 0 Å². The molecule has 4 aliphatic rings. The molecule has 24 heavy (non-hydrogen) atoms. The predicted octanol–water partition coefficient (Wildman–Crippen LogP) is 2.77. The molecular weight excluding hydrogens is 363 g/mol. The van der Waals surface area contributed by atoms with Crippen molar-refractivity contribution < 1.29 is 44.5 Å². The summed E-state index contributed by atoms with van der Waals surface area (Å²) in [5.74, 6) is -0.961. The molecule has 4 saturated carbocycles. The zero-order valence-corrected chi connectivity index (χ0v) is 13.0. The topological polar surface area (TPSA) is 80.7 Å². The van der Waals surface area contributed by atoms with Crippen LogP contribution in [-0.2, 0) is 19.6 Å². The van der Waals surface area contributed by atoms with Crippen LogP contribution in [-0.4, -0.2) is 36.5 Å². The van der Waals surface area contributed by atoms with Gasteiger partial charge in [-0.1, -0.05) is 0 Å². The molecule has 0 saturated heterocycles. The van der Waals surface area contributed by atoms with E-state index in [4.69, 9.17) is 4.55 Å². The van der Waals surface area contributed by atoms with Gasteiger partial charge in [0.25, 0.3) is 6.10 Å². The fraction of sp³-hybridized carbons (Fsp3) is 0.923. The second-order valence-electron chi connectivity index (χ2n) is 7.11. The number of esters is 1. The van der Waals surface area contributed by atoms with Crippen LogP contribution < -0.4 is 0 Å². The van der Waals surface area contributed by atoms with Crippen molar-refractivity contribution in [1.29, 1.82) is 0 Å². The average molecular weight is 378 g/mol. The van der Waals surface area contributed by atoms with Crippen LogP contribution in [0.3, 0.4) is 0 Å². The number of ether oxygens (including phenoxy) is 1. The molecule has 3 unspecified atom stereocenters. The summed E-state index contributed by atoms with van der Waals surface area (Å²) >= 11 is 0. The highest BCUT2D eigenvalue weighted by atomic mass is 32.2. The van der Waals surface area contributed by atoms with Gasteiger partial charge in [-0.15, -0.1) is 0 Å². The average Bonchev–Trinajstić information content (AvgIpc) is 2.81. The predicted molar refractivity (Wildman–Crippen MR) is 68.4 cm³/mol. The highest BCUT2D eigenvalue weighted by Crippen LogP contribution is 2.64. The minimum Gasteiger partial charge on any atom is -0.444 e. The molecule has 0 aromatic carbocycles. The maximum absolute atomic E-state index is 13.5. The van der Waals surface area contributed by atoms with Gasteiger partial charge in [0.2, 0.25) is 0 Å². The number of rotatable bonds is 4. The van der Waals surface area contributed by atoms with E-state index in [1.807, 2.05) is 0 Å². The van der Waals surface area contributed by atoms with Crippen LogP contribution in [0.15, 0.2) is 0 Å². The van der Waals surface area contributed by atoms with E-state index in [1.54, 1.807) is 0 Å². The molecule has 4 bridgehead atoms. The zero-order chi connectivity index (χ0) is 18.1. The summed E-state index contributed by atoms with van der Waals surface area (Å²) in [6, 6.07) is 0. The van der Waals surface area contributed by atoms with Gasteiger partial charge in [0.1, 0.15) is 0 Å². The zero-order valence-electron chi connectivity index (χ0n) is 12.2. The first-order valence-electron chi connectivity index (χ1n) is 7.39. The highest BCUT2D eigenvalue weighted by Gasteiger charge is 2.68. The Balaban J connectivity index is 1.85. The summed E-state index contributed by atoms with van der Waals surface area (Å²) in [6.45, 7) is 0. The number of alkyl halides is 5. The van der Waals surface area contributed by atoms with Gasteiger partial charge < -0.3 is 4.74 Å². The third-order valence-electron chi connectivity index (χ3n) is 5.53. The molecule has 0 radical (unpaired) electrons. The second kappa shape index (κ2) is 5.03. The molecule has 0 heterocycles. The van der Waals surface area contributed by atoms with E-state index >= 15 is 0 Å². The maximum Gasteiger partial charge on any atom is 0.432 e. The van der Waals surface area contributed by atoms with E-state index in [9.17, 15) is 35.2 Å². The lowest BCUT2D eigenvalue weighted by atomic mass is 9.69. The van der Waals surface area contributed by atoms with Crippen molar-refractivity contribution in [2.45, 2.75) is 49.6 Å². The molecule has 1 N–H and O–H groups in total. The highest BCUT2D eigenvalue weighted by molar-refractivity contribution is 7.86. The van der Waals surface area contributed by atoms with Gasteiger partial charge in [0, 0.05) is 0 Å². The van der Waals surface area contributed by atoms with Crippen LogP contribution >= 0.6 is 0 Å². The van der Waals surface area contributed by atoms with Gasteiger partial charge in [-0.25, -0.2) is 0 Å². The van der Waals surface area contributed by atoms with Gasteiger partial charge >= 0.3 is 27.5 Å². The van der Waals surface area contributed by atoms with Crippen molar-refractivity contribution in [2.24, 2.45) is 23.2 Å². The van der Waals surface area contributed by atoms with E-state index in [0.29, 0.717) is 0 Å². The number of halogens is 5. The number of carbonyl (C=O) groups is 1. The minimum absolute atomic E-state index is 0.154. The minimum atomic E-state index is -6.41. The Morgan fingerprint density at radius 2 is 1.58 bits per heavy atom. The monoisotopic (exact) mass is 378 g/mol. The van der Waals surface area contributed by atoms with Crippen LogP contribution in [0.1, 0.15) is 32.1 Å². The van der Waals surface area contributed by atoms with Crippen molar-refractivity contribution in [3.8, 4) is 0 Å². The van der Waals surface area contributed by atoms with E-state index in [2.05, 4.69) is 4.74 Å². The normalized spacial score (nSPS) is 36.8. The summed E-state index contributed by atoms with van der Waals surface area (Å²) in [5.41, 5.74) is -1.25. The first-order valence-corrected chi connectivity index (χ1v) is 8.83. The molecule has 0 aromatic rings. The Hall–Kier alpha value is -0.970. The number of hydrogen-bond acceptors (Lipinski definition) is 4. The molecule has 5 nitrogen and oxygen atoms in total. The summed E-state index contributed by atoms with van der Waals surface area (Å²) < 4.78 is 99.3. The van der Waals surface area contributed by atoms with Crippen LogP contribution in [0, 0.1) is 23.2 Å². The Morgan fingerprint density at radius 3 is 1.96 bits per heavy atom. The summed E-state index contributed by atoms with van der Waals surface area (Å²) in [7, 11) is -6.41. The lowest BCUT2D eigenvalue weighted by Crippen LogP contribution is -2.54. The molecule has 0 spiro atoms. The Labute approximate surface area is 134 Å². The van der Waals surface area contributed by atoms with E-state index in [0.717, 1.165) is 12.8 Å². The molecule has 4 fully saturated rings. The Kier molecular flexibility index (Phi) is 3.74. The standard InChI is InChI=1S/C13H15F5O5S/c14-12(15,16)9(13(17,18)24(20,21)22)23-10(19)11-3-6-1-7(4-11)8(2-6)5-11/h6-9H,1-5H2,(H,20,21,22). The lowest BCUT2D eigenvalue weighted by Gasteiger charge is -2.37. The SMILES string of the molecule is O=C(OC(C(F)(F)F)C(F)(F)S(=O)(=O)O)C12CC3CC(C1)C(C3)C2. The molecule has 11 heteroatoms. The van der Waals surface area contributed by atoms with E-state index in [1.165, 1.54) is 0 Å². The third-order valence-corrected chi connectivity index (χ3v) is 6.43. The molecule has 0 aromatic heterocycles. The second-order valence-corrected chi connectivity index (χ2v) is 8.61. The van der Waals surface area contributed by atoms with Crippen LogP contribution in [0.5, 0.6) is 0 Å². The van der Waals surface area contributed by atoms with E-state index < -0.39 is 39.0 Å². The van der Waals surface area contributed by atoms with Crippen LogP contribution in [0.2, 0.25) is 0 Å². The largest absolute Gasteiger partial charge is 0.444 e. The summed E-state index contributed by atoms with van der Waals surface area (Å²) in [6.07, 6.45) is -7.54. The Morgan fingerprint density at radius 1 is 1.08 bits per heavy atom. The molecular formula is C13H15F5O5S. The molecule has 4 rings (SSSR count). The van der Waals surface area contributed by atoms with Crippen molar-refractivity contribution in [3.05, 3.63) is 0 Å². The lowest BCUT2D eigenvalue weighted by molar-refractivity contribution is -0.263. The smallest absolute Gasteiger partial charge is 0.432 e.